The molecule has 2 fully saturated rings. The molecule has 0 bridgehead atoms. The summed E-state index contributed by atoms with van der Waals surface area (Å²) < 4.78 is 0. The zero-order valence-corrected chi connectivity index (χ0v) is 13.7. The van der Waals surface area contributed by atoms with Crippen LogP contribution in [0.4, 0.5) is 5.95 Å². The molecule has 1 aromatic heterocycles. The molecule has 4 heteroatoms. The molecular formula is C17H28N4. The smallest absolute Gasteiger partial charge is 0.226 e. The van der Waals surface area contributed by atoms with Gasteiger partial charge in [0.05, 0.1) is 5.54 Å². The van der Waals surface area contributed by atoms with Crippen LogP contribution >= 0.6 is 0 Å². The standard InChI is InChI=1S/C17H28N4/c1-13(2)15-11-14(3)19-16(20-15)21-10-9-18-12-17(21)7-5-4-6-8-17/h11,13,18H,4-10,12H2,1-3H3. The number of nitrogens with zero attached hydrogens (tertiary/aromatic N) is 3. The van der Waals surface area contributed by atoms with Crippen molar-refractivity contribution in [2.75, 3.05) is 24.5 Å². The maximum absolute atomic E-state index is 4.89. The van der Waals surface area contributed by atoms with Gasteiger partial charge in [0.15, 0.2) is 0 Å². The van der Waals surface area contributed by atoms with Gasteiger partial charge >= 0.3 is 0 Å². The largest absolute Gasteiger partial charge is 0.333 e. The molecule has 1 aliphatic heterocycles. The van der Waals surface area contributed by atoms with Crippen LogP contribution < -0.4 is 10.2 Å². The number of aromatic nitrogens is 2. The van der Waals surface area contributed by atoms with E-state index in [-0.39, 0.29) is 5.54 Å². The molecule has 21 heavy (non-hydrogen) atoms. The van der Waals surface area contributed by atoms with Gasteiger partial charge in [-0.2, -0.15) is 0 Å². The molecule has 0 aromatic carbocycles. The highest BCUT2D eigenvalue weighted by atomic mass is 15.3. The third-order valence-corrected chi connectivity index (χ3v) is 5.02. The first-order valence-electron chi connectivity index (χ1n) is 8.45. The third-order valence-electron chi connectivity index (χ3n) is 5.02. The Hall–Kier alpha value is -1.16. The minimum Gasteiger partial charge on any atom is -0.333 e. The Bertz CT molecular complexity index is 483. The van der Waals surface area contributed by atoms with Crippen molar-refractivity contribution in [3.05, 3.63) is 17.5 Å². The molecule has 2 heterocycles. The quantitative estimate of drug-likeness (QED) is 0.908. The molecule has 2 aliphatic rings. The lowest BCUT2D eigenvalue weighted by Crippen LogP contribution is -2.62. The number of hydrogen-bond acceptors (Lipinski definition) is 4. The topological polar surface area (TPSA) is 41.1 Å². The van der Waals surface area contributed by atoms with Gasteiger partial charge in [-0.1, -0.05) is 33.1 Å². The molecule has 3 rings (SSSR count). The fraction of sp³-hybridized carbons (Fsp3) is 0.765. The maximum Gasteiger partial charge on any atom is 0.226 e. The second kappa shape index (κ2) is 5.91. The van der Waals surface area contributed by atoms with Crippen LogP contribution in [0.2, 0.25) is 0 Å². The highest BCUT2D eigenvalue weighted by molar-refractivity contribution is 5.39. The van der Waals surface area contributed by atoms with Crippen LogP contribution in [0.3, 0.4) is 0 Å². The number of aryl methyl sites for hydroxylation is 1. The first kappa shape index (κ1) is 14.8. The van der Waals surface area contributed by atoms with Gasteiger partial charge in [0.25, 0.3) is 0 Å². The van der Waals surface area contributed by atoms with Gasteiger partial charge in [-0.3, -0.25) is 0 Å². The fourth-order valence-electron chi connectivity index (χ4n) is 3.81. The maximum atomic E-state index is 4.89. The van der Waals surface area contributed by atoms with Crippen molar-refractivity contribution in [2.24, 2.45) is 0 Å². The summed E-state index contributed by atoms with van der Waals surface area (Å²) in [7, 11) is 0. The van der Waals surface area contributed by atoms with Crippen molar-refractivity contribution in [1.29, 1.82) is 0 Å². The monoisotopic (exact) mass is 288 g/mol. The minimum atomic E-state index is 0.249. The molecule has 1 spiro atoms. The van der Waals surface area contributed by atoms with E-state index in [9.17, 15) is 0 Å². The van der Waals surface area contributed by atoms with Crippen molar-refractivity contribution in [2.45, 2.75) is 64.3 Å². The Kier molecular flexibility index (Phi) is 4.16. The van der Waals surface area contributed by atoms with Gasteiger partial charge in [-0.25, -0.2) is 9.97 Å². The van der Waals surface area contributed by atoms with Crippen LogP contribution in [0.5, 0.6) is 0 Å². The zero-order valence-electron chi connectivity index (χ0n) is 13.7. The molecule has 1 aromatic rings. The number of anilines is 1. The van der Waals surface area contributed by atoms with E-state index in [4.69, 9.17) is 9.97 Å². The summed E-state index contributed by atoms with van der Waals surface area (Å²) in [5.74, 6) is 1.41. The van der Waals surface area contributed by atoms with E-state index >= 15 is 0 Å². The van der Waals surface area contributed by atoms with Crippen LogP contribution in [0.1, 0.15) is 63.3 Å². The summed E-state index contributed by atoms with van der Waals surface area (Å²) in [6.07, 6.45) is 6.59. The summed E-state index contributed by atoms with van der Waals surface area (Å²) >= 11 is 0. The lowest BCUT2D eigenvalue weighted by atomic mass is 9.79. The average Bonchev–Trinajstić information content (AvgIpc) is 2.48. The highest BCUT2D eigenvalue weighted by Crippen LogP contribution is 2.36. The number of nitrogens with one attached hydrogen (secondary N) is 1. The fourth-order valence-corrected chi connectivity index (χ4v) is 3.81. The molecule has 0 amide bonds. The van der Waals surface area contributed by atoms with Gasteiger partial charge in [-0.15, -0.1) is 0 Å². The van der Waals surface area contributed by atoms with E-state index in [1.807, 2.05) is 0 Å². The SMILES string of the molecule is Cc1cc(C(C)C)nc(N2CCNCC23CCCCC3)n1. The van der Waals surface area contributed by atoms with Gasteiger partial charge in [-0.05, 0) is 31.7 Å². The molecular weight excluding hydrogens is 260 g/mol. The van der Waals surface area contributed by atoms with Crippen LogP contribution in [0.25, 0.3) is 0 Å². The Morgan fingerprint density at radius 3 is 2.67 bits per heavy atom. The van der Waals surface area contributed by atoms with Gasteiger partial charge in [0, 0.05) is 31.0 Å². The summed E-state index contributed by atoms with van der Waals surface area (Å²) in [4.78, 5) is 12.2. The summed E-state index contributed by atoms with van der Waals surface area (Å²) in [6.45, 7) is 9.66. The molecule has 1 aliphatic carbocycles. The van der Waals surface area contributed by atoms with Crippen molar-refractivity contribution in [1.82, 2.24) is 15.3 Å². The van der Waals surface area contributed by atoms with Crippen molar-refractivity contribution >= 4 is 5.95 Å². The van der Waals surface area contributed by atoms with Gasteiger partial charge in [0.2, 0.25) is 5.95 Å². The molecule has 116 valence electrons. The normalized spacial score (nSPS) is 22.0. The number of piperazine rings is 1. The Morgan fingerprint density at radius 1 is 1.19 bits per heavy atom. The summed E-state index contributed by atoms with van der Waals surface area (Å²) in [5.41, 5.74) is 2.51. The predicted molar refractivity (Wildman–Crippen MR) is 86.9 cm³/mol. The zero-order chi connectivity index (χ0) is 14.9. The van der Waals surface area contributed by atoms with Crippen molar-refractivity contribution in [3.63, 3.8) is 0 Å². The van der Waals surface area contributed by atoms with E-state index < -0.39 is 0 Å². The van der Waals surface area contributed by atoms with Gasteiger partial charge < -0.3 is 10.2 Å². The van der Waals surface area contributed by atoms with E-state index in [1.165, 1.54) is 37.8 Å². The Morgan fingerprint density at radius 2 is 1.95 bits per heavy atom. The first-order valence-corrected chi connectivity index (χ1v) is 8.45. The molecule has 4 nitrogen and oxygen atoms in total. The molecule has 1 N–H and O–H groups in total. The second-order valence-corrected chi connectivity index (χ2v) is 7.00. The molecule has 1 saturated heterocycles. The van der Waals surface area contributed by atoms with Crippen molar-refractivity contribution < 1.29 is 0 Å². The van der Waals surface area contributed by atoms with Crippen LogP contribution in [-0.4, -0.2) is 35.1 Å². The first-order chi connectivity index (χ1) is 10.1. The minimum absolute atomic E-state index is 0.249. The van der Waals surface area contributed by atoms with E-state index in [1.54, 1.807) is 0 Å². The van der Waals surface area contributed by atoms with Gasteiger partial charge in [0.1, 0.15) is 0 Å². The summed E-state index contributed by atoms with van der Waals surface area (Å²) in [6, 6.07) is 2.13. The Labute approximate surface area is 128 Å². The number of rotatable bonds is 2. The second-order valence-electron chi connectivity index (χ2n) is 7.00. The lowest BCUT2D eigenvalue weighted by molar-refractivity contribution is 0.238. The molecule has 0 radical (unpaired) electrons. The third kappa shape index (κ3) is 2.91. The molecule has 0 atom stereocenters. The average molecular weight is 288 g/mol. The molecule has 0 unspecified atom stereocenters. The number of hydrogen-bond donors (Lipinski definition) is 1. The predicted octanol–water partition coefficient (Wildman–Crippen LogP) is 3.02. The Balaban J connectivity index is 1.96. The summed E-state index contributed by atoms with van der Waals surface area (Å²) in [5, 5.41) is 3.60. The van der Waals surface area contributed by atoms with Crippen LogP contribution in [0.15, 0.2) is 6.07 Å². The van der Waals surface area contributed by atoms with Crippen LogP contribution in [-0.2, 0) is 0 Å². The van der Waals surface area contributed by atoms with Crippen molar-refractivity contribution in [3.8, 4) is 0 Å². The lowest BCUT2D eigenvalue weighted by Gasteiger charge is -2.50. The highest BCUT2D eigenvalue weighted by Gasteiger charge is 2.41. The van der Waals surface area contributed by atoms with E-state index in [0.717, 1.165) is 31.3 Å². The van der Waals surface area contributed by atoms with E-state index in [2.05, 4.69) is 37.1 Å². The molecule has 1 saturated carbocycles. The van der Waals surface area contributed by atoms with E-state index in [0.29, 0.717) is 5.92 Å². The van der Waals surface area contributed by atoms with Crippen LogP contribution in [0, 0.1) is 6.92 Å².